The molecule has 0 aliphatic carbocycles. The summed E-state index contributed by atoms with van der Waals surface area (Å²) in [5.41, 5.74) is 6.71. The van der Waals surface area contributed by atoms with Gasteiger partial charge in [-0.05, 0) is 44.5 Å². The largest absolute Gasteiger partial charge is 0.483 e. The highest BCUT2D eigenvalue weighted by molar-refractivity contribution is 5.44. The number of hydrogen-bond acceptors (Lipinski definition) is 3. The van der Waals surface area contributed by atoms with Crippen LogP contribution in [0.1, 0.15) is 19.4 Å². The highest BCUT2D eigenvalue weighted by Gasteiger charge is 2.24. The lowest BCUT2D eigenvalue weighted by Crippen LogP contribution is -2.35. The summed E-state index contributed by atoms with van der Waals surface area (Å²) in [5.74, 6) is 1.67. The molecule has 0 saturated heterocycles. The first-order valence-electron chi connectivity index (χ1n) is 5.37. The third-order valence-electron chi connectivity index (χ3n) is 2.73. The van der Waals surface area contributed by atoms with Gasteiger partial charge in [0.15, 0.2) is 11.5 Å². The molecule has 2 atom stereocenters. The van der Waals surface area contributed by atoms with Crippen LogP contribution in [0.3, 0.4) is 0 Å². The monoisotopic (exact) mass is 207 g/mol. The lowest BCUT2D eigenvalue weighted by Gasteiger charge is -2.30. The zero-order valence-corrected chi connectivity index (χ0v) is 9.19. The first-order chi connectivity index (χ1) is 7.20. The minimum Gasteiger partial charge on any atom is -0.483 e. The van der Waals surface area contributed by atoms with Crippen LogP contribution in [-0.2, 0) is 6.42 Å². The molecule has 0 fully saturated rings. The number of benzene rings is 1. The van der Waals surface area contributed by atoms with Gasteiger partial charge in [0, 0.05) is 0 Å². The van der Waals surface area contributed by atoms with E-state index in [9.17, 15) is 0 Å². The van der Waals surface area contributed by atoms with Gasteiger partial charge in [-0.1, -0.05) is 6.07 Å². The molecule has 15 heavy (non-hydrogen) atoms. The fraction of sp³-hybridized carbons (Fsp3) is 0.500. The van der Waals surface area contributed by atoms with E-state index >= 15 is 0 Å². The first-order valence-corrected chi connectivity index (χ1v) is 5.37. The van der Waals surface area contributed by atoms with E-state index in [-0.39, 0.29) is 12.2 Å². The number of hydrogen-bond donors (Lipinski definition) is 1. The Kier molecular flexibility index (Phi) is 2.82. The van der Waals surface area contributed by atoms with E-state index in [0.29, 0.717) is 6.54 Å². The SMILES string of the molecule is CC1Oc2ccc(CCN)cc2OC1C. The molecule has 0 aromatic heterocycles. The molecule has 0 bridgehead atoms. The number of ether oxygens (including phenoxy) is 2. The van der Waals surface area contributed by atoms with E-state index in [4.69, 9.17) is 15.2 Å². The van der Waals surface area contributed by atoms with Crippen molar-refractivity contribution in [2.45, 2.75) is 32.5 Å². The van der Waals surface area contributed by atoms with Gasteiger partial charge in [0.05, 0.1) is 0 Å². The smallest absolute Gasteiger partial charge is 0.162 e. The molecule has 0 saturated carbocycles. The summed E-state index contributed by atoms with van der Waals surface area (Å²) in [5, 5.41) is 0. The average Bonchev–Trinajstić information content (AvgIpc) is 2.21. The quantitative estimate of drug-likeness (QED) is 0.803. The van der Waals surface area contributed by atoms with Crippen LogP contribution in [0, 0.1) is 0 Å². The van der Waals surface area contributed by atoms with Gasteiger partial charge < -0.3 is 15.2 Å². The fourth-order valence-electron chi connectivity index (χ4n) is 1.66. The molecule has 0 amide bonds. The minimum atomic E-state index is 0.102. The third kappa shape index (κ3) is 2.07. The summed E-state index contributed by atoms with van der Waals surface area (Å²) in [6.45, 7) is 4.69. The first kappa shape index (κ1) is 10.3. The predicted molar refractivity (Wildman–Crippen MR) is 59.4 cm³/mol. The van der Waals surface area contributed by atoms with Crippen LogP contribution < -0.4 is 15.2 Å². The van der Waals surface area contributed by atoms with E-state index in [0.717, 1.165) is 17.9 Å². The van der Waals surface area contributed by atoms with Crippen molar-refractivity contribution in [3.05, 3.63) is 23.8 Å². The zero-order valence-electron chi connectivity index (χ0n) is 9.19. The molecule has 82 valence electrons. The molecule has 1 aliphatic heterocycles. The van der Waals surface area contributed by atoms with Crippen molar-refractivity contribution in [3.8, 4) is 11.5 Å². The van der Waals surface area contributed by atoms with Crippen molar-refractivity contribution < 1.29 is 9.47 Å². The van der Waals surface area contributed by atoms with Crippen LogP contribution >= 0.6 is 0 Å². The van der Waals surface area contributed by atoms with Crippen LogP contribution in [0.25, 0.3) is 0 Å². The number of fused-ring (bicyclic) bond motifs is 1. The maximum atomic E-state index is 5.77. The van der Waals surface area contributed by atoms with Crippen LogP contribution in [0.4, 0.5) is 0 Å². The second-order valence-corrected chi connectivity index (χ2v) is 3.97. The normalized spacial score (nSPS) is 23.9. The lowest BCUT2D eigenvalue weighted by atomic mass is 10.1. The summed E-state index contributed by atoms with van der Waals surface area (Å²) in [4.78, 5) is 0. The average molecular weight is 207 g/mol. The summed E-state index contributed by atoms with van der Waals surface area (Å²) in [6, 6.07) is 6.02. The Hall–Kier alpha value is -1.22. The zero-order chi connectivity index (χ0) is 10.8. The Morgan fingerprint density at radius 2 is 1.80 bits per heavy atom. The molecule has 1 heterocycles. The minimum absolute atomic E-state index is 0.102. The highest BCUT2D eigenvalue weighted by Crippen LogP contribution is 2.34. The summed E-state index contributed by atoms with van der Waals surface area (Å²) < 4.78 is 11.5. The maximum absolute atomic E-state index is 5.77. The summed E-state index contributed by atoms with van der Waals surface area (Å²) >= 11 is 0. The Morgan fingerprint density at radius 3 is 2.47 bits per heavy atom. The van der Waals surface area contributed by atoms with Gasteiger partial charge >= 0.3 is 0 Å². The molecular weight excluding hydrogens is 190 g/mol. The summed E-state index contributed by atoms with van der Waals surface area (Å²) in [7, 11) is 0. The summed E-state index contributed by atoms with van der Waals surface area (Å²) in [6.07, 6.45) is 1.09. The van der Waals surface area contributed by atoms with Gasteiger partial charge in [-0.2, -0.15) is 0 Å². The number of rotatable bonds is 2. The van der Waals surface area contributed by atoms with Gasteiger partial charge in [-0.15, -0.1) is 0 Å². The van der Waals surface area contributed by atoms with E-state index < -0.39 is 0 Å². The fourth-order valence-corrected chi connectivity index (χ4v) is 1.66. The molecule has 2 unspecified atom stereocenters. The van der Waals surface area contributed by atoms with Gasteiger partial charge in [0.25, 0.3) is 0 Å². The molecule has 0 spiro atoms. The van der Waals surface area contributed by atoms with E-state index in [1.54, 1.807) is 0 Å². The molecule has 1 aromatic rings. The molecule has 3 heteroatoms. The Balaban J connectivity index is 2.25. The maximum Gasteiger partial charge on any atom is 0.162 e. The molecule has 1 aromatic carbocycles. The Morgan fingerprint density at radius 1 is 1.13 bits per heavy atom. The molecule has 1 aliphatic rings. The van der Waals surface area contributed by atoms with Crippen LogP contribution in [0.15, 0.2) is 18.2 Å². The Labute approximate surface area is 90.2 Å². The predicted octanol–water partition coefficient (Wildman–Crippen LogP) is 1.74. The highest BCUT2D eigenvalue weighted by atomic mass is 16.6. The van der Waals surface area contributed by atoms with Gasteiger partial charge in [-0.3, -0.25) is 0 Å². The second kappa shape index (κ2) is 4.11. The molecule has 2 N–H and O–H groups in total. The van der Waals surface area contributed by atoms with Crippen molar-refractivity contribution in [2.24, 2.45) is 5.73 Å². The van der Waals surface area contributed by atoms with Crippen molar-refractivity contribution in [1.29, 1.82) is 0 Å². The van der Waals surface area contributed by atoms with Crippen LogP contribution in [0.5, 0.6) is 11.5 Å². The van der Waals surface area contributed by atoms with Crippen molar-refractivity contribution in [1.82, 2.24) is 0 Å². The van der Waals surface area contributed by atoms with Gasteiger partial charge in [-0.25, -0.2) is 0 Å². The van der Waals surface area contributed by atoms with Gasteiger partial charge in [0.1, 0.15) is 12.2 Å². The Bertz CT molecular complexity index is 351. The molecule has 0 radical (unpaired) electrons. The standard InChI is InChI=1S/C12H17NO2/c1-8-9(2)15-12-7-10(5-6-13)3-4-11(12)14-8/h3-4,7-9H,5-6,13H2,1-2H3. The van der Waals surface area contributed by atoms with E-state index in [1.807, 2.05) is 32.0 Å². The third-order valence-corrected chi connectivity index (χ3v) is 2.73. The van der Waals surface area contributed by atoms with Crippen molar-refractivity contribution in [3.63, 3.8) is 0 Å². The molecule has 3 nitrogen and oxygen atoms in total. The van der Waals surface area contributed by atoms with Crippen LogP contribution in [-0.4, -0.2) is 18.8 Å². The number of nitrogens with two attached hydrogens (primary N) is 1. The van der Waals surface area contributed by atoms with Crippen molar-refractivity contribution >= 4 is 0 Å². The topological polar surface area (TPSA) is 44.5 Å². The second-order valence-electron chi connectivity index (χ2n) is 3.97. The van der Waals surface area contributed by atoms with Gasteiger partial charge in [0.2, 0.25) is 0 Å². The van der Waals surface area contributed by atoms with Crippen molar-refractivity contribution in [2.75, 3.05) is 6.54 Å². The lowest BCUT2D eigenvalue weighted by molar-refractivity contribution is 0.0429. The van der Waals surface area contributed by atoms with Crippen LogP contribution in [0.2, 0.25) is 0 Å². The molecular formula is C12H17NO2. The van der Waals surface area contributed by atoms with E-state index in [2.05, 4.69) is 0 Å². The van der Waals surface area contributed by atoms with E-state index in [1.165, 1.54) is 5.56 Å². The molecule has 2 rings (SSSR count).